The summed E-state index contributed by atoms with van der Waals surface area (Å²) in [4.78, 5) is 102. The van der Waals surface area contributed by atoms with Crippen LogP contribution in [0.25, 0.3) is 0 Å². The zero-order valence-corrected chi connectivity index (χ0v) is 33.4. The van der Waals surface area contributed by atoms with Gasteiger partial charge in [0.05, 0.1) is 6.10 Å². The van der Waals surface area contributed by atoms with Crippen molar-refractivity contribution in [1.29, 1.82) is 0 Å². The van der Waals surface area contributed by atoms with Crippen LogP contribution in [0.4, 0.5) is 19.3 Å². The van der Waals surface area contributed by atoms with Gasteiger partial charge < -0.3 is 45.8 Å². The number of aryl methyl sites for hydroxylation is 1. The van der Waals surface area contributed by atoms with E-state index in [1.165, 1.54) is 23.6 Å². The van der Waals surface area contributed by atoms with Crippen molar-refractivity contribution in [3.05, 3.63) is 65.2 Å². The Kier molecular flexibility index (Phi) is 13.2. The second-order valence-corrected chi connectivity index (χ2v) is 16.1. The highest BCUT2D eigenvalue weighted by Gasteiger charge is 2.49. The number of carbonyl (C=O) groups is 7. The molecule has 2 aromatic carbocycles. The highest BCUT2D eigenvalue weighted by Crippen LogP contribution is 2.29. The second-order valence-electron chi connectivity index (χ2n) is 16.1. The van der Waals surface area contributed by atoms with Gasteiger partial charge in [-0.1, -0.05) is 19.1 Å². The summed E-state index contributed by atoms with van der Waals surface area (Å²) in [6.07, 6.45) is -1.60. The Morgan fingerprint density at radius 3 is 2.31 bits per heavy atom. The third kappa shape index (κ3) is 9.97. The zero-order chi connectivity index (χ0) is 42.7. The van der Waals surface area contributed by atoms with Gasteiger partial charge in [-0.15, -0.1) is 0 Å². The predicted molar refractivity (Wildman–Crippen MR) is 207 cm³/mol. The van der Waals surface area contributed by atoms with Crippen LogP contribution in [0.2, 0.25) is 0 Å². The van der Waals surface area contributed by atoms with E-state index < -0.39 is 108 Å². The minimum atomic E-state index is -1.74. The van der Waals surface area contributed by atoms with Crippen molar-refractivity contribution in [3.63, 3.8) is 0 Å². The number of cyclic esters (lactones) is 1. The lowest BCUT2D eigenvalue weighted by Crippen LogP contribution is -2.63. The lowest BCUT2D eigenvalue weighted by molar-refractivity contribution is -0.163. The van der Waals surface area contributed by atoms with E-state index >= 15 is 0 Å². The molecule has 5 N–H and O–H groups in total. The van der Waals surface area contributed by atoms with Crippen LogP contribution in [-0.4, -0.2) is 129 Å². The number of carbonyl (C=O) groups excluding carboxylic acids is 7. The van der Waals surface area contributed by atoms with Crippen molar-refractivity contribution >= 4 is 47.2 Å². The molecule has 0 aromatic heterocycles. The van der Waals surface area contributed by atoms with E-state index in [1.54, 1.807) is 31.2 Å². The Bertz CT molecular complexity index is 1970. The van der Waals surface area contributed by atoms with Crippen LogP contribution in [-0.2, 0) is 39.9 Å². The van der Waals surface area contributed by atoms with Gasteiger partial charge in [0, 0.05) is 44.2 Å². The number of hydrogen-bond donors (Lipinski definition) is 5. The van der Waals surface area contributed by atoms with Gasteiger partial charge in [-0.3, -0.25) is 24.0 Å². The molecule has 4 aliphatic heterocycles. The molecule has 0 bridgehead atoms. The summed E-state index contributed by atoms with van der Waals surface area (Å²) >= 11 is 0. The highest BCUT2D eigenvalue weighted by molar-refractivity contribution is 5.99. The normalized spacial score (nSPS) is 28.5. The van der Waals surface area contributed by atoms with E-state index in [0.29, 0.717) is 24.6 Å². The molecule has 0 spiro atoms. The maximum atomic E-state index is 14.7. The van der Waals surface area contributed by atoms with E-state index in [-0.39, 0.29) is 50.4 Å². The molecular weight excluding hydrogens is 772 g/mol. The van der Waals surface area contributed by atoms with Crippen molar-refractivity contribution in [1.82, 2.24) is 30.7 Å². The van der Waals surface area contributed by atoms with Gasteiger partial charge in [-0.2, -0.15) is 0 Å². The smallest absolute Gasteiger partial charge is 0.329 e. The van der Waals surface area contributed by atoms with Crippen LogP contribution in [0.5, 0.6) is 0 Å². The quantitative estimate of drug-likeness (QED) is 0.268. The van der Waals surface area contributed by atoms with Crippen LogP contribution in [0.1, 0.15) is 64.0 Å². The third-order valence-corrected chi connectivity index (χ3v) is 11.3. The average molecular weight is 824 g/mol. The molecule has 18 heteroatoms. The first-order valence-electron chi connectivity index (χ1n) is 20.0. The molecule has 0 radical (unpaired) electrons. The Balaban J connectivity index is 1.36. The first-order chi connectivity index (χ1) is 28.0. The van der Waals surface area contributed by atoms with E-state index in [9.17, 15) is 47.4 Å². The van der Waals surface area contributed by atoms with Crippen LogP contribution in [0.15, 0.2) is 42.5 Å². The minimum Gasteiger partial charge on any atom is -0.458 e. The Hall–Kier alpha value is -5.65. The van der Waals surface area contributed by atoms with Gasteiger partial charge in [0.1, 0.15) is 54.0 Å². The minimum absolute atomic E-state index is 0.00918. The predicted octanol–water partition coefficient (Wildman–Crippen LogP) is 1.52. The number of aliphatic hydroxyl groups is 1. The molecule has 7 amide bonds. The van der Waals surface area contributed by atoms with Crippen molar-refractivity contribution < 1.29 is 52.2 Å². The number of hydrogen-bond acceptors (Lipinski definition) is 9. The number of rotatable bonds is 6. The van der Waals surface area contributed by atoms with Gasteiger partial charge in [0.25, 0.3) is 0 Å². The molecule has 4 aliphatic rings. The number of nitrogens with zero attached hydrogens (tertiary/aromatic N) is 3. The molecule has 0 aliphatic carbocycles. The molecule has 0 saturated carbocycles. The summed E-state index contributed by atoms with van der Waals surface area (Å²) in [7, 11) is 0. The maximum Gasteiger partial charge on any atom is 0.329 e. The number of piperidine rings is 1. The zero-order valence-electron chi connectivity index (χ0n) is 33.4. The van der Waals surface area contributed by atoms with E-state index in [0.717, 1.165) is 22.6 Å². The van der Waals surface area contributed by atoms with Crippen LogP contribution < -0.4 is 21.3 Å². The number of amides is 7. The van der Waals surface area contributed by atoms with Crippen molar-refractivity contribution in [2.75, 3.05) is 25.0 Å². The van der Waals surface area contributed by atoms with Gasteiger partial charge >= 0.3 is 12.0 Å². The van der Waals surface area contributed by atoms with Crippen molar-refractivity contribution in [3.8, 4) is 0 Å². The Morgan fingerprint density at radius 1 is 0.881 bits per heavy atom. The van der Waals surface area contributed by atoms with Gasteiger partial charge in [-0.25, -0.2) is 18.4 Å². The SMILES string of the molecule is Cc1cccc(NC(=O)N[C@@H](Cc2cc(F)cc(F)c2)C(=O)N[C@@H]2C(=O)N3C[C@H](O)C[C@H]3C(=O)N3CCCC[C@H]3C(=O)N[C@@H](C)C(=O)N3C[C@H](C)CC3C(=O)O[C@H]2C)c1. The summed E-state index contributed by atoms with van der Waals surface area (Å²) < 4.78 is 34.5. The largest absolute Gasteiger partial charge is 0.458 e. The molecule has 318 valence electrons. The second kappa shape index (κ2) is 18.1. The fourth-order valence-electron chi connectivity index (χ4n) is 8.45. The van der Waals surface area contributed by atoms with Gasteiger partial charge in [0.2, 0.25) is 29.5 Å². The first kappa shape index (κ1) is 42.9. The van der Waals surface area contributed by atoms with Crippen LogP contribution in [0.3, 0.4) is 0 Å². The number of aliphatic hydroxyl groups excluding tert-OH is 1. The summed E-state index contributed by atoms with van der Waals surface area (Å²) in [6, 6.07) is 0.796. The monoisotopic (exact) mass is 823 g/mol. The number of halogens is 2. The molecule has 4 fully saturated rings. The first-order valence-corrected chi connectivity index (χ1v) is 20.0. The van der Waals surface area contributed by atoms with Gasteiger partial charge in [0.15, 0.2) is 0 Å². The lowest BCUT2D eigenvalue weighted by atomic mass is 9.98. The molecule has 16 nitrogen and oxygen atoms in total. The summed E-state index contributed by atoms with van der Waals surface area (Å²) in [5.41, 5.74) is 1.20. The van der Waals surface area contributed by atoms with Gasteiger partial charge in [-0.05, 0) is 87.8 Å². The van der Waals surface area contributed by atoms with E-state index in [2.05, 4.69) is 21.3 Å². The summed E-state index contributed by atoms with van der Waals surface area (Å²) in [6.45, 7) is 6.49. The molecular formula is C41H51F2N7O9. The topological polar surface area (TPSA) is 207 Å². The fourth-order valence-corrected chi connectivity index (χ4v) is 8.45. The lowest BCUT2D eigenvalue weighted by Gasteiger charge is -2.39. The Morgan fingerprint density at radius 2 is 1.59 bits per heavy atom. The summed E-state index contributed by atoms with van der Waals surface area (Å²) in [5.74, 6) is -6.57. The Labute approximate surface area is 340 Å². The molecule has 4 heterocycles. The fraction of sp³-hybridized carbons (Fsp3) is 0.537. The van der Waals surface area contributed by atoms with Crippen LogP contribution >= 0.6 is 0 Å². The third-order valence-electron chi connectivity index (χ3n) is 11.3. The van der Waals surface area contributed by atoms with E-state index in [1.807, 2.05) is 6.92 Å². The molecule has 1 unspecified atom stereocenters. The number of benzene rings is 2. The molecule has 6 rings (SSSR count). The number of nitrogens with one attached hydrogen (secondary N) is 4. The maximum absolute atomic E-state index is 14.7. The number of ether oxygens (including phenoxy) is 1. The number of fused-ring (bicyclic) bond motifs is 3. The number of esters is 1. The van der Waals surface area contributed by atoms with E-state index in [4.69, 9.17) is 4.74 Å². The highest BCUT2D eigenvalue weighted by atomic mass is 19.1. The van der Waals surface area contributed by atoms with Crippen molar-refractivity contribution in [2.24, 2.45) is 5.92 Å². The molecule has 59 heavy (non-hydrogen) atoms. The molecule has 4 saturated heterocycles. The summed E-state index contributed by atoms with van der Waals surface area (Å²) in [5, 5.41) is 21.3. The average Bonchev–Trinajstić information content (AvgIpc) is 3.77. The number of urea groups is 1. The molecule has 2 aromatic rings. The number of anilines is 1. The standard InChI is InChI=1S/C41H51F2N7O9/c1-21-8-7-9-28(12-21)45-41(58)46-30(16-25-14-26(42)17-27(43)15-25)35(52)47-34-24(4)59-40(57)33-13-22(2)19-49(33)37(54)23(3)44-36(53)31-10-5-6-11-48(31)38(55)32-18-29(51)20-50(32)39(34)56/h7-9,12,14-15,17,22-24,29-34,51H,5-6,10-11,13,16,18-20H2,1-4H3,(H,44,53)(H,47,52)(H2,45,46,58)/t22-,23+,24+,29-,30+,31+,32+,33?,34+/m1/s1. The molecule has 9 atom stereocenters. The van der Waals surface area contributed by atoms with Crippen LogP contribution in [0, 0.1) is 24.5 Å². The van der Waals surface area contributed by atoms with Crippen molar-refractivity contribution in [2.45, 2.75) is 115 Å².